The molecular weight excluding hydrogens is 176 g/mol. The molecule has 0 aliphatic heterocycles. The van der Waals surface area contributed by atoms with Crippen molar-refractivity contribution in [2.24, 2.45) is 0 Å². The maximum atomic E-state index is 5.48. The van der Waals surface area contributed by atoms with E-state index in [0.717, 1.165) is 5.69 Å². The maximum Gasteiger partial charge on any atom is 0.0955 e. The van der Waals surface area contributed by atoms with Crippen LogP contribution in [0.1, 0.15) is 40.3 Å². The molecule has 1 heterocycles. The predicted octanol–water partition coefficient (Wildman–Crippen LogP) is 2.56. The highest BCUT2D eigenvalue weighted by Crippen LogP contribution is 2.14. The van der Waals surface area contributed by atoms with Gasteiger partial charge in [0, 0.05) is 11.7 Å². The molecule has 3 nitrogen and oxygen atoms in total. The van der Waals surface area contributed by atoms with Gasteiger partial charge in [-0.05, 0) is 34.6 Å². The molecule has 0 bridgehead atoms. The molecule has 3 heteroatoms. The fraction of sp³-hybridized carbons (Fsp3) is 0.727. The zero-order chi connectivity index (χ0) is 10.8. The average molecular weight is 196 g/mol. The largest absolute Gasteiger partial charge is 0.372 e. The van der Waals surface area contributed by atoms with Crippen LogP contribution >= 0.6 is 0 Å². The van der Waals surface area contributed by atoms with E-state index < -0.39 is 0 Å². The van der Waals surface area contributed by atoms with Crippen LogP contribution in [-0.4, -0.2) is 15.7 Å². The van der Waals surface area contributed by atoms with Crippen molar-refractivity contribution in [3.8, 4) is 0 Å². The molecule has 0 aromatic carbocycles. The van der Waals surface area contributed by atoms with Crippen LogP contribution in [0.15, 0.2) is 12.5 Å². The third kappa shape index (κ3) is 3.14. The summed E-state index contributed by atoms with van der Waals surface area (Å²) in [4.78, 5) is 4.29. The van der Waals surface area contributed by atoms with Gasteiger partial charge in [0.15, 0.2) is 0 Å². The standard InChI is InChI=1S/C11H20N2O/c1-9(2)14-7-10-6-13(8-12-10)11(3,4)5/h6,8-9H,7H2,1-5H3. The molecule has 0 radical (unpaired) electrons. The minimum atomic E-state index is 0.100. The minimum absolute atomic E-state index is 0.100. The Bertz CT molecular complexity index is 284. The molecule has 0 amide bonds. The first kappa shape index (κ1) is 11.2. The van der Waals surface area contributed by atoms with Gasteiger partial charge in [0.2, 0.25) is 0 Å². The van der Waals surface area contributed by atoms with Crippen LogP contribution in [0.2, 0.25) is 0 Å². The zero-order valence-electron chi connectivity index (χ0n) is 9.74. The smallest absolute Gasteiger partial charge is 0.0955 e. The van der Waals surface area contributed by atoms with Crippen LogP contribution in [0, 0.1) is 0 Å². The predicted molar refractivity (Wildman–Crippen MR) is 57.1 cm³/mol. The topological polar surface area (TPSA) is 27.1 Å². The van der Waals surface area contributed by atoms with Crippen molar-refractivity contribution in [2.45, 2.75) is 52.9 Å². The van der Waals surface area contributed by atoms with E-state index in [2.05, 4.69) is 30.3 Å². The van der Waals surface area contributed by atoms with E-state index >= 15 is 0 Å². The zero-order valence-corrected chi connectivity index (χ0v) is 9.74. The van der Waals surface area contributed by atoms with Crippen molar-refractivity contribution >= 4 is 0 Å². The van der Waals surface area contributed by atoms with Gasteiger partial charge in [0.1, 0.15) is 0 Å². The number of aromatic nitrogens is 2. The van der Waals surface area contributed by atoms with Crippen molar-refractivity contribution in [1.82, 2.24) is 9.55 Å². The SMILES string of the molecule is CC(C)OCc1cn(C(C)(C)C)cn1. The number of hydrogen-bond acceptors (Lipinski definition) is 2. The Morgan fingerprint density at radius 2 is 2.07 bits per heavy atom. The van der Waals surface area contributed by atoms with Crippen molar-refractivity contribution < 1.29 is 4.74 Å². The van der Waals surface area contributed by atoms with Crippen LogP contribution in [0.3, 0.4) is 0 Å². The lowest BCUT2D eigenvalue weighted by atomic mass is 10.1. The molecule has 1 aromatic heterocycles. The summed E-state index contributed by atoms with van der Waals surface area (Å²) in [6, 6.07) is 0. The van der Waals surface area contributed by atoms with Crippen molar-refractivity contribution in [3.05, 3.63) is 18.2 Å². The van der Waals surface area contributed by atoms with Crippen LogP contribution < -0.4 is 0 Å². The summed E-state index contributed by atoms with van der Waals surface area (Å²) in [7, 11) is 0. The van der Waals surface area contributed by atoms with E-state index in [0.29, 0.717) is 6.61 Å². The lowest BCUT2D eigenvalue weighted by Gasteiger charge is -2.19. The fourth-order valence-electron chi connectivity index (χ4n) is 1.06. The molecule has 0 N–H and O–H groups in total. The molecule has 0 aliphatic rings. The first-order chi connectivity index (χ1) is 6.39. The minimum Gasteiger partial charge on any atom is -0.372 e. The quantitative estimate of drug-likeness (QED) is 0.743. The van der Waals surface area contributed by atoms with Crippen LogP contribution in [0.5, 0.6) is 0 Å². The first-order valence-corrected chi connectivity index (χ1v) is 5.04. The van der Waals surface area contributed by atoms with Gasteiger partial charge in [-0.2, -0.15) is 0 Å². The fourth-order valence-corrected chi connectivity index (χ4v) is 1.06. The van der Waals surface area contributed by atoms with Gasteiger partial charge in [-0.1, -0.05) is 0 Å². The molecule has 0 fully saturated rings. The Morgan fingerprint density at radius 3 is 2.50 bits per heavy atom. The number of ether oxygens (including phenoxy) is 1. The molecule has 0 unspecified atom stereocenters. The second-order valence-electron chi connectivity index (χ2n) is 4.80. The number of hydrogen-bond donors (Lipinski definition) is 0. The van der Waals surface area contributed by atoms with Gasteiger partial charge in [-0.15, -0.1) is 0 Å². The van der Waals surface area contributed by atoms with Crippen molar-refractivity contribution in [3.63, 3.8) is 0 Å². The molecule has 80 valence electrons. The normalized spacial score (nSPS) is 12.4. The second kappa shape index (κ2) is 4.13. The summed E-state index contributed by atoms with van der Waals surface area (Å²) in [5.41, 5.74) is 1.09. The Labute approximate surface area is 86.1 Å². The lowest BCUT2D eigenvalue weighted by molar-refractivity contribution is 0.0637. The van der Waals surface area contributed by atoms with Gasteiger partial charge in [-0.3, -0.25) is 0 Å². The number of nitrogens with zero attached hydrogens (tertiary/aromatic N) is 2. The molecular formula is C11H20N2O. The number of imidazole rings is 1. The third-order valence-electron chi connectivity index (χ3n) is 1.98. The van der Waals surface area contributed by atoms with Gasteiger partial charge in [0.25, 0.3) is 0 Å². The van der Waals surface area contributed by atoms with Crippen LogP contribution in [-0.2, 0) is 16.9 Å². The van der Waals surface area contributed by atoms with E-state index in [1.54, 1.807) is 0 Å². The van der Waals surface area contributed by atoms with E-state index in [-0.39, 0.29) is 11.6 Å². The lowest BCUT2D eigenvalue weighted by Crippen LogP contribution is -2.19. The summed E-state index contributed by atoms with van der Waals surface area (Å²) in [5.74, 6) is 0. The molecule has 1 aromatic rings. The van der Waals surface area contributed by atoms with E-state index in [1.807, 2.05) is 26.4 Å². The van der Waals surface area contributed by atoms with E-state index in [1.165, 1.54) is 0 Å². The maximum absolute atomic E-state index is 5.48. The van der Waals surface area contributed by atoms with E-state index in [9.17, 15) is 0 Å². The molecule has 0 saturated heterocycles. The van der Waals surface area contributed by atoms with Crippen molar-refractivity contribution in [1.29, 1.82) is 0 Å². The van der Waals surface area contributed by atoms with Gasteiger partial charge in [0.05, 0.1) is 24.7 Å². The molecule has 0 aliphatic carbocycles. The molecule has 0 saturated carbocycles. The monoisotopic (exact) mass is 196 g/mol. The second-order valence-corrected chi connectivity index (χ2v) is 4.80. The summed E-state index contributed by atoms with van der Waals surface area (Å²) in [6.45, 7) is 11.1. The van der Waals surface area contributed by atoms with E-state index in [4.69, 9.17) is 4.74 Å². The Morgan fingerprint density at radius 1 is 1.43 bits per heavy atom. The summed E-state index contributed by atoms with van der Waals surface area (Å²) in [6.07, 6.45) is 4.16. The van der Waals surface area contributed by atoms with Crippen LogP contribution in [0.25, 0.3) is 0 Å². The molecule has 14 heavy (non-hydrogen) atoms. The summed E-state index contributed by atoms with van der Waals surface area (Å²) >= 11 is 0. The van der Waals surface area contributed by atoms with Gasteiger partial charge >= 0.3 is 0 Å². The third-order valence-corrected chi connectivity index (χ3v) is 1.98. The van der Waals surface area contributed by atoms with Crippen LogP contribution in [0.4, 0.5) is 0 Å². The highest BCUT2D eigenvalue weighted by Gasteiger charge is 2.13. The highest BCUT2D eigenvalue weighted by molar-refractivity contribution is 4.97. The summed E-state index contributed by atoms with van der Waals surface area (Å²) < 4.78 is 7.58. The average Bonchev–Trinajstić information content (AvgIpc) is 2.47. The number of rotatable bonds is 3. The van der Waals surface area contributed by atoms with Crippen molar-refractivity contribution in [2.75, 3.05) is 0 Å². The Balaban J connectivity index is 2.60. The van der Waals surface area contributed by atoms with Gasteiger partial charge in [-0.25, -0.2) is 4.98 Å². The highest BCUT2D eigenvalue weighted by atomic mass is 16.5. The summed E-state index contributed by atoms with van der Waals surface area (Å²) in [5, 5.41) is 0. The molecule has 0 atom stereocenters. The Kier molecular flexibility index (Phi) is 3.32. The Hall–Kier alpha value is -0.830. The first-order valence-electron chi connectivity index (χ1n) is 5.04. The molecule has 1 rings (SSSR count). The van der Waals surface area contributed by atoms with Gasteiger partial charge < -0.3 is 9.30 Å². The molecule has 0 spiro atoms.